The van der Waals surface area contributed by atoms with Gasteiger partial charge in [-0.05, 0) is 7.05 Å². The second-order valence-electron chi connectivity index (χ2n) is 3.70. The summed E-state index contributed by atoms with van der Waals surface area (Å²) in [5.41, 5.74) is 5.55. The molecule has 0 spiro atoms. The molecular formula is C10H14F3N3O3S. The van der Waals surface area contributed by atoms with E-state index in [-0.39, 0.29) is 23.7 Å². The zero-order valence-corrected chi connectivity index (χ0v) is 11.3. The molecule has 1 rings (SSSR count). The summed E-state index contributed by atoms with van der Waals surface area (Å²) in [5, 5.41) is 2.61. The Bertz CT molecular complexity index is 566. The van der Waals surface area contributed by atoms with Gasteiger partial charge in [0.15, 0.2) is 11.6 Å². The zero-order chi connectivity index (χ0) is 15.3. The van der Waals surface area contributed by atoms with Crippen LogP contribution in [-0.2, 0) is 10.0 Å². The van der Waals surface area contributed by atoms with Crippen LogP contribution in [0.5, 0.6) is 5.75 Å². The Hall–Kier alpha value is -1.68. The number of benzene rings is 1. The lowest BCUT2D eigenvalue weighted by Crippen LogP contribution is -2.26. The Morgan fingerprint density at radius 3 is 2.60 bits per heavy atom. The third kappa shape index (κ3) is 4.78. The number of sulfonamides is 1. The zero-order valence-electron chi connectivity index (χ0n) is 10.5. The van der Waals surface area contributed by atoms with Crippen LogP contribution in [0.1, 0.15) is 0 Å². The Balaban J connectivity index is 2.79. The minimum atomic E-state index is -3.42. The molecule has 0 saturated heterocycles. The first kappa shape index (κ1) is 16.4. The van der Waals surface area contributed by atoms with E-state index in [2.05, 4.69) is 14.8 Å². The molecule has 1 aromatic carbocycles. The third-order valence-electron chi connectivity index (χ3n) is 2.32. The number of ether oxygens (including phenoxy) is 1. The third-order valence-corrected chi connectivity index (χ3v) is 3.68. The topological polar surface area (TPSA) is 93.5 Å². The van der Waals surface area contributed by atoms with Crippen LogP contribution in [0.15, 0.2) is 12.1 Å². The van der Waals surface area contributed by atoms with Gasteiger partial charge in [0.05, 0.1) is 17.1 Å². The molecule has 0 bridgehead atoms. The van der Waals surface area contributed by atoms with Gasteiger partial charge in [0, 0.05) is 18.7 Å². The van der Waals surface area contributed by atoms with Gasteiger partial charge in [-0.15, -0.1) is 0 Å². The number of rotatable bonds is 7. The van der Waals surface area contributed by atoms with Gasteiger partial charge in [-0.2, -0.15) is 8.78 Å². The van der Waals surface area contributed by atoms with E-state index >= 15 is 0 Å². The molecular weight excluding hydrogens is 299 g/mol. The Morgan fingerprint density at radius 1 is 1.40 bits per heavy atom. The standard InChI is InChI=1S/C10H14F3N3O3S/c1-15-20(17,18)3-2-16-8-5-9(19-10(12)13)6(11)4-7(8)14/h4-5,10,15-16H,2-3,14H2,1H3. The summed E-state index contributed by atoms with van der Waals surface area (Å²) in [7, 11) is -2.16. The van der Waals surface area contributed by atoms with E-state index in [1.54, 1.807) is 0 Å². The van der Waals surface area contributed by atoms with Gasteiger partial charge in [-0.1, -0.05) is 0 Å². The van der Waals surface area contributed by atoms with Crippen LogP contribution in [0.4, 0.5) is 24.5 Å². The highest BCUT2D eigenvalue weighted by atomic mass is 32.2. The molecule has 0 unspecified atom stereocenters. The summed E-state index contributed by atoms with van der Waals surface area (Å²) in [6.07, 6.45) is 0. The van der Waals surface area contributed by atoms with E-state index in [4.69, 9.17) is 5.73 Å². The maximum atomic E-state index is 13.3. The van der Waals surface area contributed by atoms with Crippen molar-refractivity contribution < 1.29 is 26.3 Å². The van der Waals surface area contributed by atoms with Gasteiger partial charge in [0.25, 0.3) is 0 Å². The normalized spacial score (nSPS) is 11.7. The molecule has 0 fully saturated rings. The molecule has 0 aliphatic heterocycles. The van der Waals surface area contributed by atoms with Gasteiger partial charge in [0.2, 0.25) is 10.0 Å². The smallest absolute Gasteiger partial charge is 0.387 e. The van der Waals surface area contributed by atoms with E-state index in [0.717, 1.165) is 12.1 Å². The molecule has 0 aromatic heterocycles. The number of alkyl halides is 2. The Morgan fingerprint density at radius 2 is 2.05 bits per heavy atom. The van der Waals surface area contributed by atoms with Gasteiger partial charge in [0.1, 0.15) is 0 Å². The SMILES string of the molecule is CNS(=O)(=O)CCNc1cc(OC(F)F)c(F)cc1N. The number of halogens is 3. The Kier molecular flexibility index (Phi) is 5.45. The number of nitrogens with one attached hydrogen (secondary N) is 2. The van der Waals surface area contributed by atoms with Gasteiger partial charge in [-0.3, -0.25) is 0 Å². The lowest BCUT2D eigenvalue weighted by Gasteiger charge is -2.12. The van der Waals surface area contributed by atoms with Gasteiger partial charge >= 0.3 is 6.61 Å². The van der Waals surface area contributed by atoms with Crippen molar-refractivity contribution in [3.8, 4) is 5.75 Å². The van der Waals surface area contributed by atoms with Crippen LogP contribution >= 0.6 is 0 Å². The average Bonchev–Trinajstić information content (AvgIpc) is 2.34. The van der Waals surface area contributed by atoms with Crippen LogP contribution in [-0.4, -0.2) is 34.4 Å². The van der Waals surface area contributed by atoms with E-state index in [1.165, 1.54) is 7.05 Å². The summed E-state index contributed by atoms with van der Waals surface area (Å²) in [5.74, 6) is -1.96. The van der Waals surface area contributed by atoms with Crippen molar-refractivity contribution in [3.05, 3.63) is 17.9 Å². The predicted octanol–water partition coefficient (Wildman–Crippen LogP) is 0.970. The lowest BCUT2D eigenvalue weighted by molar-refractivity contribution is -0.0521. The molecule has 6 nitrogen and oxygen atoms in total. The van der Waals surface area contributed by atoms with Crippen LogP contribution in [0.25, 0.3) is 0 Å². The van der Waals surface area contributed by atoms with Crippen LogP contribution in [0, 0.1) is 5.82 Å². The minimum Gasteiger partial charge on any atom is -0.432 e. The lowest BCUT2D eigenvalue weighted by atomic mass is 10.2. The highest BCUT2D eigenvalue weighted by molar-refractivity contribution is 7.89. The first-order valence-electron chi connectivity index (χ1n) is 5.44. The predicted molar refractivity (Wildman–Crippen MR) is 68.8 cm³/mol. The first-order valence-corrected chi connectivity index (χ1v) is 7.09. The highest BCUT2D eigenvalue weighted by Gasteiger charge is 2.14. The highest BCUT2D eigenvalue weighted by Crippen LogP contribution is 2.29. The summed E-state index contributed by atoms with van der Waals surface area (Å²) >= 11 is 0. The quantitative estimate of drug-likeness (QED) is 0.652. The second-order valence-corrected chi connectivity index (χ2v) is 5.74. The van der Waals surface area contributed by atoms with Crippen LogP contribution in [0.2, 0.25) is 0 Å². The molecule has 114 valence electrons. The van der Waals surface area contributed by atoms with Crippen molar-refractivity contribution in [3.63, 3.8) is 0 Å². The molecule has 0 aliphatic rings. The van der Waals surface area contributed by atoms with E-state index in [0.29, 0.717) is 0 Å². The van der Waals surface area contributed by atoms with Crippen molar-refractivity contribution in [2.75, 3.05) is 30.4 Å². The van der Waals surface area contributed by atoms with Gasteiger partial charge in [-0.25, -0.2) is 17.5 Å². The van der Waals surface area contributed by atoms with E-state index in [9.17, 15) is 21.6 Å². The minimum absolute atomic E-state index is 0.0346. The molecule has 0 atom stereocenters. The number of anilines is 2. The van der Waals surface area contributed by atoms with Crippen molar-refractivity contribution in [1.29, 1.82) is 0 Å². The summed E-state index contributed by atoms with van der Waals surface area (Å²) < 4.78 is 65.8. The fraction of sp³-hybridized carbons (Fsp3) is 0.400. The van der Waals surface area contributed by atoms with E-state index in [1.807, 2.05) is 0 Å². The van der Waals surface area contributed by atoms with Crippen LogP contribution < -0.4 is 20.5 Å². The van der Waals surface area contributed by atoms with Crippen molar-refractivity contribution in [2.45, 2.75) is 6.61 Å². The molecule has 0 saturated carbocycles. The van der Waals surface area contributed by atoms with E-state index < -0.39 is 28.2 Å². The molecule has 10 heteroatoms. The van der Waals surface area contributed by atoms with Crippen molar-refractivity contribution in [1.82, 2.24) is 4.72 Å². The number of hydrogen-bond donors (Lipinski definition) is 3. The van der Waals surface area contributed by atoms with Gasteiger partial charge < -0.3 is 15.8 Å². The van der Waals surface area contributed by atoms with Crippen LogP contribution in [0.3, 0.4) is 0 Å². The molecule has 1 aromatic rings. The number of nitrogens with two attached hydrogens (primary N) is 1. The summed E-state index contributed by atoms with van der Waals surface area (Å²) in [6, 6.07) is 1.76. The molecule has 0 radical (unpaired) electrons. The summed E-state index contributed by atoms with van der Waals surface area (Å²) in [4.78, 5) is 0. The maximum Gasteiger partial charge on any atom is 0.387 e. The molecule has 0 aliphatic carbocycles. The Labute approximate surface area is 114 Å². The summed E-state index contributed by atoms with van der Waals surface area (Å²) in [6.45, 7) is -3.21. The van der Waals surface area contributed by atoms with Crippen molar-refractivity contribution in [2.24, 2.45) is 0 Å². The average molecular weight is 313 g/mol. The molecule has 0 amide bonds. The monoisotopic (exact) mass is 313 g/mol. The first-order chi connectivity index (χ1) is 9.25. The fourth-order valence-corrected chi connectivity index (χ4v) is 1.91. The molecule has 0 heterocycles. The number of hydrogen-bond acceptors (Lipinski definition) is 5. The van der Waals surface area contributed by atoms with Crippen molar-refractivity contribution >= 4 is 21.4 Å². The molecule has 20 heavy (non-hydrogen) atoms. The largest absolute Gasteiger partial charge is 0.432 e. The maximum absolute atomic E-state index is 13.3. The molecule has 4 N–H and O–H groups in total. The number of nitrogen functional groups attached to an aromatic ring is 1. The fourth-order valence-electron chi connectivity index (χ4n) is 1.33. The second kappa shape index (κ2) is 6.66.